The normalized spacial score (nSPS) is 0. The molecule has 3 radical (unpaired) electrons. The Hall–Kier alpha value is 2.75. The zero-order valence-corrected chi connectivity index (χ0v) is 12.1. The molecule has 0 heterocycles. The smallest absolute Gasteiger partial charge is 0.0149 e. The first-order chi connectivity index (χ1) is 0. The van der Waals surface area contributed by atoms with Crippen LogP contribution in [-0.4, -0.2) is 55.3 Å². The van der Waals surface area contributed by atoms with E-state index in [2.05, 4.69) is 0 Å². The van der Waals surface area contributed by atoms with E-state index < -0.39 is 0 Å². The largest absolute Gasteiger partial charge is 0.0149 e. The zero-order valence-electron chi connectivity index (χ0n) is 2.01. The Kier molecular flexibility index (Phi) is 276. The minimum absolute atomic E-state index is 0. The van der Waals surface area contributed by atoms with Crippen molar-refractivity contribution in [3.63, 3.8) is 0 Å². The average molecular weight is 464 g/mol. The second-order valence-electron chi connectivity index (χ2n) is 0. The summed E-state index contributed by atoms with van der Waals surface area (Å²) in [6.07, 6.45) is 0. The Morgan fingerprint density at radius 3 is 1.00 bits per heavy atom. The van der Waals surface area contributed by atoms with Crippen LogP contribution in [0.5, 0.6) is 0 Å². The van der Waals surface area contributed by atoms with E-state index in [1.165, 1.54) is 0 Å². The molecule has 0 aliphatic rings. The second kappa shape index (κ2) is 29.5. The van der Waals surface area contributed by atoms with Gasteiger partial charge in [-0.15, -0.1) is 0 Å². The van der Waals surface area contributed by atoms with Gasteiger partial charge in [0.05, 0.1) is 0 Å². The van der Waals surface area contributed by atoms with Crippen LogP contribution in [-0.2, 0) is 22.4 Å². The van der Waals surface area contributed by atoms with Crippen molar-refractivity contribution >= 4 is 68.8 Å². The van der Waals surface area contributed by atoms with Gasteiger partial charge in [-0.2, -0.15) is 13.5 Å². The van der Waals surface area contributed by atoms with E-state index in [0.29, 0.717) is 0 Å². The molecule has 0 N–H and O–H groups in total. The SMILES string of the molecule is S.[Ag].[PbH2].[SeH2].[SiH4]. The molecule has 5 heteroatoms. The summed E-state index contributed by atoms with van der Waals surface area (Å²) < 4.78 is 0. The van der Waals surface area contributed by atoms with Gasteiger partial charge in [0.1, 0.15) is 0 Å². The molecular weight excluding hydrogens is 454 g/mol. The third-order valence-electron chi connectivity index (χ3n) is 0. The van der Waals surface area contributed by atoms with E-state index in [9.17, 15) is 0 Å². The van der Waals surface area contributed by atoms with Gasteiger partial charge in [-0.3, -0.25) is 0 Å². The van der Waals surface area contributed by atoms with E-state index in [4.69, 9.17) is 0 Å². The molecule has 0 aliphatic carbocycles. The third kappa shape index (κ3) is 20.1. The maximum atomic E-state index is 0. The number of rotatable bonds is 0. The summed E-state index contributed by atoms with van der Waals surface area (Å²) in [5.74, 6) is 0. The zero-order chi connectivity index (χ0) is 0. The van der Waals surface area contributed by atoms with Gasteiger partial charge < -0.3 is 0 Å². The second-order valence-corrected chi connectivity index (χ2v) is 0. The maximum absolute atomic E-state index is 0. The molecule has 0 nitrogen and oxygen atoms in total. The molecule has 0 atom stereocenters. The molecule has 0 rings (SSSR count). The van der Waals surface area contributed by atoms with Gasteiger partial charge in [0.2, 0.25) is 0 Å². The molecule has 0 unspecified atom stereocenters. The molecule has 0 bridgehead atoms. The molecule has 0 amide bonds. The Morgan fingerprint density at radius 1 is 1.00 bits per heavy atom. The van der Waals surface area contributed by atoms with Gasteiger partial charge in [-0.05, 0) is 11.0 Å². The van der Waals surface area contributed by atoms with Crippen molar-refractivity contribution in [1.29, 1.82) is 0 Å². The Bertz CT molecular complexity index is 11.6. The summed E-state index contributed by atoms with van der Waals surface area (Å²) in [4.78, 5) is 0. The molecule has 0 saturated carbocycles. The summed E-state index contributed by atoms with van der Waals surface area (Å²) in [6.45, 7) is 0. The van der Waals surface area contributed by atoms with Crippen molar-refractivity contribution in [2.45, 2.75) is 0 Å². The van der Waals surface area contributed by atoms with Gasteiger partial charge >= 0.3 is 44.4 Å². The molecule has 41 valence electrons. The van der Waals surface area contributed by atoms with Crippen molar-refractivity contribution in [2.24, 2.45) is 0 Å². The maximum Gasteiger partial charge on any atom is -0.0149 e. The van der Waals surface area contributed by atoms with Crippen molar-refractivity contribution in [3.8, 4) is 0 Å². The first-order valence-corrected chi connectivity index (χ1v) is 0. The van der Waals surface area contributed by atoms with E-state index in [1.54, 1.807) is 0 Å². The van der Waals surface area contributed by atoms with Crippen LogP contribution in [0.15, 0.2) is 0 Å². The van der Waals surface area contributed by atoms with Crippen LogP contribution in [0.25, 0.3) is 0 Å². The van der Waals surface area contributed by atoms with E-state index >= 15 is 0 Å². The minimum Gasteiger partial charge on any atom is -0.0149 e. The fraction of sp³-hybridized carbons (Fsp3) is 0. The van der Waals surface area contributed by atoms with E-state index in [-0.39, 0.29) is 91.2 Å². The minimum atomic E-state index is 0. The van der Waals surface area contributed by atoms with Gasteiger partial charge in [-0.25, -0.2) is 0 Å². The molecule has 5 heavy (non-hydrogen) atoms. The van der Waals surface area contributed by atoms with Crippen molar-refractivity contribution in [3.05, 3.63) is 0 Å². The van der Waals surface area contributed by atoms with Crippen LogP contribution in [0.1, 0.15) is 0 Å². The van der Waals surface area contributed by atoms with Crippen LogP contribution in [0.4, 0.5) is 0 Å². The molecule has 0 aromatic heterocycles. The Balaban J connectivity index is 0. The quantitative estimate of drug-likeness (QED) is 0.332. The van der Waals surface area contributed by atoms with E-state index in [0.717, 1.165) is 0 Å². The molecular formula is H10AgPbSSeSi. The predicted molar refractivity (Wildman–Crippen MR) is 38.8 cm³/mol. The molecule has 0 aliphatic heterocycles. The van der Waals surface area contributed by atoms with E-state index in [1.807, 2.05) is 0 Å². The van der Waals surface area contributed by atoms with Gasteiger partial charge in [0.25, 0.3) is 0 Å². The fourth-order valence-corrected chi connectivity index (χ4v) is 0. The molecule has 0 spiro atoms. The van der Waals surface area contributed by atoms with Gasteiger partial charge in [0.15, 0.2) is 0 Å². The van der Waals surface area contributed by atoms with Crippen LogP contribution >= 0.6 is 13.5 Å². The molecule has 0 aromatic rings. The first-order valence-electron chi connectivity index (χ1n) is 0. The fourth-order valence-electron chi connectivity index (χ4n) is 0. The molecule has 0 fully saturated rings. The van der Waals surface area contributed by atoms with Crippen molar-refractivity contribution in [1.82, 2.24) is 0 Å². The predicted octanol–water partition coefficient (Wildman–Crippen LogP) is -3.17. The summed E-state index contributed by atoms with van der Waals surface area (Å²) in [5.41, 5.74) is 0. The van der Waals surface area contributed by atoms with Gasteiger partial charge in [0, 0.05) is 22.4 Å². The number of hydrogen-bond donors (Lipinski definition) is 0. The summed E-state index contributed by atoms with van der Waals surface area (Å²) in [7, 11) is 0. The van der Waals surface area contributed by atoms with Crippen LogP contribution < -0.4 is 0 Å². The topological polar surface area (TPSA) is 0 Å². The monoisotopic (exact) mass is 465 g/mol. The van der Waals surface area contributed by atoms with Crippen LogP contribution in [0, 0.1) is 0 Å². The standard InChI is InChI=1S/Ag.Pb.H2S.H2Se.H4Si.2H/h;;2*1H2;1H4;;. The summed E-state index contributed by atoms with van der Waals surface area (Å²) >= 11 is 0. The molecule has 0 saturated heterocycles. The third-order valence-corrected chi connectivity index (χ3v) is 0. The summed E-state index contributed by atoms with van der Waals surface area (Å²) in [6, 6.07) is 0. The van der Waals surface area contributed by atoms with Crippen LogP contribution in [0.2, 0.25) is 0 Å². The van der Waals surface area contributed by atoms with Gasteiger partial charge in [-0.1, -0.05) is 0 Å². The Morgan fingerprint density at radius 2 is 1.00 bits per heavy atom. The summed E-state index contributed by atoms with van der Waals surface area (Å²) in [5, 5.41) is 0. The van der Waals surface area contributed by atoms with Crippen molar-refractivity contribution < 1.29 is 22.4 Å². The Labute approximate surface area is 89.8 Å². The van der Waals surface area contributed by atoms with Crippen molar-refractivity contribution in [2.75, 3.05) is 0 Å². The average Bonchev–Trinajstić information content (AvgIpc) is 0. The van der Waals surface area contributed by atoms with Crippen LogP contribution in [0.3, 0.4) is 0 Å². The molecule has 0 aromatic carbocycles. The number of hydrogen-bond acceptors (Lipinski definition) is 0. The first kappa shape index (κ1) is 46.7.